The Morgan fingerprint density at radius 3 is 2.20 bits per heavy atom. The molecule has 0 radical (unpaired) electrons. The van der Waals surface area contributed by atoms with E-state index in [9.17, 15) is 23.1 Å². The second-order valence-corrected chi connectivity index (χ2v) is 5.72. The van der Waals surface area contributed by atoms with Crippen LogP contribution >= 0.6 is 11.6 Å². The van der Waals surface area contributed by atoms with Gasteiger partial charge >= 0.3 is 5.63 Å². The maximum absolute atomic E-state index is 13.9. The van der Waals surface area contributed by atoms with Crippen LogP contribution in [0.15, 0.2) is 45.6 Å². The van der Waals surface area contributed by atoms with Crippen LogP contribution in [-0.4, -0.2) is 5.11 Å². The minimum absolute atomic E-state index is 0.223. The first-order chi connectivity index (χ1) is 11.8. The Hall–Kier alpha value is -2.73. The maximum atomic E-state index is 13.9. The first kappa shape index (κ1) is 17.1. The largest absolute Gasteiger partial charge is 0.505 e. The molecule has 1 N–H and O–H groups in total. The molecule has 0 unspecified atom stereocenters. The highest BCUT2D eigenvalue weighted by Gasteiger charge is 2.23. The van der Waals surface area contributed by atoms with Crippen LogP contribution in [-0.2, 0) is 0 Å². The standard InChI is InChI=1S/C18H10ClF3O3/c1-8-6-9(20)2-4-11(8)14-16(23)15(19)17(25-18(14)24)12-5-3-10(21)7-13(12)22/h2-7,23H,1H3. The van der Waals surface area contributed by atoms with Crippen molar-refractivity contribution in [2.45, 2.75) is 6.92 Å². The molecule has 2 aromatic carbocycles. The number of halogens is 4. The Morgan fingerprint density at radius 1 is 1.00 bits per heavy atom. The zero-order valence-corrected chi connectivity index (χ0v) is 13.5. The predicted molar refractivity (Wildman–Crippen MR) is 87.1 cm³/mol. The molecule has 0 aliphatic rings. The number of benzene rings is 2. The minimum Gasteiger partial charge on any atom is -0.505 e. The summed E-state index contributed by atoms with van der Waals surface area (Å²) in [6.07, 6.45) is 0. The van der Waals surface area contributed by atoms with E-state index in [-0.39, 0.29) is 16.7 Å². The molecule has 7 heteroatoms. The van der Waals surface area contributed by atoms with Gasteiger partial charge in [-0.05, 0) is 42.3 Å². The normalized spacial score (nSPS) is 10.9. The van der Waals surface area contributed by atoms with Gasteiger partial charge in [-0.25, -0.2) is 18.0 Å². The highest BCUT2D eigenvalue weighted by molar-refractivity contribution is 6.34. The first-order valence-electron chi connectivity index (χ1n) is 7.07. The molecule has 0 saturated carbocycles. The number of hydrogen-bond donors (Lipinski definition) is 1. The topological polar surface area (TPSA) is 50.4 Å². The van der Waals surface area contributed by atoms with E-state index in [4.69, 9.17) is 16.0 Å². The van der Waals surface area contributed by atoms with Gasteiger partial charge in [-0.2, -0.15) is 0 Å². The van der Waals surface area contributed by atoms with E-state index >= 15 is 0 Å². The van der Waals surface area contributed by atoms with Gasteiger partial charge in [-0.15, -0.1) is 0 Å². The van der Waals surface area contributed by atoms with Crippen LogP contribution in [0.2, 0.25) is 5.02 Å². The molecule has 0 spiro atoms. The Bertz CT molecular complexity index is 1040. The molecule has 3 aromatic rings. The maximum Gasteiger partial charge on any atom is 0.348 e. The van der Waals surface area contributed by atoms with Gasteiger partial charge in [0.2, 0.25) is 0 Å². The summed E-state index contributed by atoms with van der Waals surface area (Å²) in [6, 6.07) is 6.19. The third-order valence-electron chi connectivity index (χ3n) is 3.68. The molecule has 0 aliphatic carbocycles. The molecule has 0 saturated heterocycles. The van der Waals surface area contributed by atoms with Crippen molar-refractivity contribution in [2.75, 3.05) is 0 Å². The molecular weight excluding hydrogens is 357 g/mol. The van der Waals surface area contributed by atoms with Crippen LogP contribution in [0.4, 0.5) is 13.2 Å². The molecule has 128 valence electrons. The third kappa shape index (κ3) is 3.00. The van der Waals surface area contributed by atoms with Crippen LogP contribution in [0.25, 0.3) is 22.5 Å². The lowest BCUT2D eigenvalue weighted by Gasteiger charge is -2.11. The Morgan fingerprint density at radius 2 is 1.60 bits per heavy atom. The Kier molecular flexibility index (Phi) is 4.30. The average molecular weight is 367 g/mol. The molecule has 1 heterocycles. The van der Waals surface area contributed by atoms with Gasteiger partial charge in [0.05, 0.1) is 5.56 Å². The molecule has 0 aliphatic heterocycles. The lowest BCUT2D eigenvalue weighted by atomic mass is 10.0. The summed E-state index contributed by atoms with van der Waals surface area (Å²) in [5, 5.41) is 9.92. The summed E-state index contributed by atoms with van der Waals surface area (Å²) in [5.74, 6) is -3.39. The van der Waals surface area contributed by atoms with Gasteiger partial charge in [-0.1, -0.05) is 17.7 Å². The molecule has 25 heavy (non-hydrogen) atoms. The van der Waals surface area contributed by atoms with Crippen molar-refractivity contribution in [3.63, 3.8) is 0 Å². The van der Waals surface area contributed by atoms with Gasteiger partial charge in [0, 0.05) is 6.07 Å². The molecule has 0 bridgehead atoms. The summed E-state index contributed by atoms with van der Waals surface area (Å²) in [6.45, 7) is 1.54. The number of rotatable bonds is 2. The second kappa shape index (κ2) is 6.29. The number of hydrogen-bond acceptors (Lipinski definition) is 3. The lowest BCUT2D eigenvalue weighted by molar-refractivity contribution is 0.455. The van der Waals surface area contributed by atoms with Gasteiger partial charge in [-0.3, -0.25) is 0 Å². The zero-order chi connectivity index (χ0) is 18.3. The van der Waals surface area contributed by atoms with Gasteiger partial charge in [0.1, 0.15) is 28.0 Å². The van der Waals surface area contributed by atoms with E-state index in [1.54, 1.807) is 6.92 Å². The monoisotopic (exact) mass is 366 g/mol. The summed E-state index contributed by atoms with van der Waals surface area (Å²) in [4.78, 5) is 12.3. The fourth-order valence-electron chi connectivity index (χ4n) is 2.49. The molecule has 0 atom stereocenters. The highest BCUT2D eigenvalue weighted by atomic mass is 35.5. The van der Waals surface area contributed by atoms with Crippen LogP contribution in [0.1, 0.15) is 5.56 Å². The molecule has 0 fully saturated rings. The summed E-state index contributed by atoms with van der Waals surface area (Å²) < 4.78 is 45.3. The second-order valence-electron chi connectivity index (χ2n) is 5.34. The van der Waals surface area contributed by atoms with E-state index in [0.717, 1.165) is 18.2 Å². The van der Waals surface area contributed by atoms with Crippen LogP contribution in [0, 0.1) is 24.4 Å². The Labute approximate surface area is 144 Å². The van der Waals surface area contributed by atoms with Crippen molar-refractivity contribution in [3.8, 4) is 28.2 Å². The SMILES string of the molecule is Cc1cc(F)ccc1-c1c(O)c(Cl)c(-c2ccc(F)cc2F)oc1=O. The quantitative estimate of drug-likeness (QED) is 0.689. The Balaban J connectivity index is 2.26. The summed E-state index contributed by atoms with van der Waals surface area (Å²) >= 11 is 6.03. The van der Waals surface area contributed by atoms with Crippen LogP contribution < -0.4 is 5.63 Å². The van der Waals surface area contributed by atoms with Gasteiger partial charge < -0.3 is 9.52 Å². The van der Waals surface area contributed by atoms with Crippen LogP contribution in [0.5, 0.6) is 5.75 Å². The fourth-order valence-corrected chi connectivity index (χ4v) is 2.73. The van der Waals surface area contributed by atoms with Crippen molar-refractivity contribution in [2.24, 2.45) is 0 Å². The van der Waals surface area contributed by atoms with Crippen molar-refractivity contribution in [1.29, 1.82) is 0 Å². The first-order valence-corrected chi connectivity index (χ1v) is 7.45. The molecule has 3 nitrogen and oxygen atoms in total. The van der Waals surface area contributed by atoms with E-state index in [2.05, 4.69) is 0 Å². The van der Waals surface area contributed by atoms with Crippen molar-refractivity contribution in [3.05, 3.63) is 74.9 Å². The smallest absolute Gasteiger partial charge is 0.348 e. The zero-order valence-electron chi connectivity index (χ0n) is 12.7. The van der Waals surface area contributed by atoms with Crippen LogP contribution in [0.3, 0.4) is 0 Å². The van der Waals surface area contributed by atoms with Gasteiger partial charge in [0.25, 0.3) is 0 Å². The molecular formula is C18H10ClF3O3. The van der Waals surface area contributed by atoms with Crippen molar-refractivity contribution < 1.29 is 22.7 Å². The highest BCUT2D eigenvalue weighted by Crippen LogP contribution is 2.40. The minimum atomic E-state index is -1.00. The van der Waals surface area contributed by atoms with Crippen molar-refractivity contribution in [1.82, 2.24) is 0 Å². The molecule has 3 rings (SSSR count). The number of aromatic hydroxyl groups is 1. The summed E-state index contributed by atoms with van der Waals surface area (Å²) in [7, 11) is 0. The summed E-state index contributed by atoms with van der Waals surface area (Å²) in [5.41, 5.74) is -0.940. The van der Waals surface area contributed by atoms with E-state index < -0.39 is 39.6 Å². The lowest BCUT2D eigenvalue weighted by Crippen LogP contribution is -2.06. The van der Waals surface area contributed by atoms with E-state index in [1.165, 1.54) is 12.1 Å². The van der Waals surface area contributed by atoms with E-state index in [1.807, 2.05) is 0 Å². The van der Waals surface area contributed by atoms with Crippen molar-refractivity contribution >= 4 is 11.6 Å². The fraction of sp³-hybridized carbons (Fsp3) is 0.0556. The average Bonchev–Trinajstić information content (AvgIpc) is 2.53. The third-order valence-corrected chi connectivity index (χ3v) is 4.03. The number of aryl methyl sites for hydroxylation is 1. The van der Waals surface area contributed by atoms with E-state index in [0.29, 0.717) is 11.6 Å². The molecule has 1 aromatic heterocycles. The molecule has 0 amide bonds. The van der Waals surface area contributed by atoms with Gasteiger partial charge in [0.15, 0.2) is 11.5 Å². The predicted octanol–water partition coefficient (Wildman–Crippen LogP) is 5.06.